The highest BCUT2D eigenvalue weighted by atomic mass is 16.5. The lowest BCUT2D eigenvalue weighted by atomic mass is 10.2. The van der Waals surface area contributed by atoms with E-state index in [4.69, 9.17) is 4.74 Å². The number of para-hydroxylation sites is 2. The Morgan fingerprint density at radius 3 is 1.58 bits per heavy atom. The molecule has 7 nitrogen and oxygen atoms in total. The number of anilines is 3. The molecule has 0 aliphatic rings. The second kappa shape index (κ2) is 10.6. The quantitative estimate of drug-likeness (QED) is 0.547. The number of rotatable bonds is 8. The van der Waals surface area contributed by atoms with Gasteiger partial charge < -0.3 is 20.3 Å². The van der Waals surface area contributed by atoms with Gasteiger partial charge in [-0.25, -0.2) is 4.79 Å². The van der Waals surface area contributed by atoms with Crippen molar-refractivity contribution in [3.8, 4) is 0 Å². The third-order valence-corrected chi connectivity index (χ3v) is 4.44. The Balaban J connectivity index is 1.74. The van der Waals surface area contributed by atoms with Crippen molar-refractivity contribution in [3.05, 3.63) is 90.5 Å². The Morgan fingerprint density at radius 1 is 0.710 bits per heavy atom. The summed E-state index contributed by atoms with van der Waals surface area (Å²) in [5, 5.41) is 5.63. The molecule has 0 bridgehead atoms. The van der Waals surface area contributed by atoms with Crippen molar-refractivity contribution in [2.24, 2.45) is 0 Å². The zero-order valence-electron chi connectivity index (χ0n) is 17.1. The van der Waals surface area contributed by atoms with E-state index in [0.717, 1.165) is 0 Å². The van der Waals surface area contributed by atoms with E-state index in [1.54, 1.807) is 53.4 Å². The first-order valence-corrected chi connectivity index (χ1v) is 9.68. The van der Waals surface area contributed by atoms with Gasteiger partial charge in [0.1, 0.15) is 0 Å². The van der Waals surface area contributed by atoms with Crippen LogP contribution >= 0.6 is 0 Å². The number of nitrogens with zero attached hydrogens (tertiary/aromatic N) is 1. The SMILES string of the molecule is COC(=O)c1ccc(N(CC(=O)Nc2ccccc2)CC(=O)Nc2ccccc2)cc1. The number of benzene rings is 3. The van der Waals surface area contributed by atoms with Crippen LogP contribution in [0.1, 0.15) is 10.4 Å². The van der Waals surface area contributed by atoms with Gasteiger partial charge in [-0.2, -0.15) is 0 Å². The third kappa shape index (κ3) is 6.43. The molecule has 0 heterocycles. The molecule has 3 aromatic rings. The zero-order valence-corrected chi connectivity index (χ0v) is 17.1. The predicted octanol–water partition coefficient (Wildman–Crippen LogP) is 3.56. The summed E-state index contributed by atoms with van der Waals surface area (Å²) in [5.74, 6) is -0.992. The predicted molar refractivity (Wildman–Crippen MR) is 120 cm³/mol. The fourth-order valence-corrected chi connectivity index (χ4v) is 2.96. The second-order valence-electron chi connectivity index (χ2n) is 6.72. The summed E-state index contributed by atoms with van der Waals surface area (Å²) in [5.41, 5.74) is 2.34. The lowest BCUT2D eigenvalue weighted by Gasteiger charge is -2.24. The maximum atomic E-state index is 12.6. The summed E-state index contributed by atoms with van der Waals surface area (Å²) < 4.78 is 4.72. The average Bonchev–Trinajstić information content (AvgIpc) is 2.79. The number of methoxy groups -OCH3 is 1. The summed E-state index contributed by atoms with van der Waals surface area (Å²) in [4.78, 5) is 38.5. The summed E-state index contributed by atoms with van der Waals surface area (Å²) in [6, 6.07) is 24.7. The fraction of sp³-hybridized carbons (Fsp3) is 0.125. The molecule has 3 rings (SSSR count). The van der Waals surface area contributed by atoms with Crippen molar-refractivity contribution >= 4 is 34.8 Å². The van der Waals surface area contributed by atoms with Crippen molar-refractivity contribution in [3.63, 3.8) is 0 Å². The van der Waals surface area contributed by atoms with Crippen LogP contribution in [0.25, 0.3) is 0 Å². The summed E-state index contributed by atoms with van der Waals surface area (Å²) >= 11 is 0. The fourth-order valence-electron chi connectivity index (χ4n) is 2.96. The smallest absolute Gasteiger partial charge is 0.337 e. The molecule has 3 aromatic carbocycles. The van der Waals surface area contributed by atoms with Gasteiger partial charge in [-0.15, -0.1) is 0 Å². The van der Waals surface area contributed by atoms with Crippen molar-refractivity contribution in [2.45, 2.75) is 0 Å². The number of nitrogens with one attached hydrogen (secondary N) is 2. The minimum absolute atomic E-state index is 0.0469. The van der Waals surface area contributed by atoms with Crippen LogP contribution in [-0.4, -0.2) is 38.0 Å². The monoisotopic (exact) mass is 417 g/mol. The number of amides is 2. The lowest BCUT2D eigenvalue weighted by molar-refractivity contribution is -0.115. The molecule has 2 amide bonds. The maximum Gasteiger partial charge on any atom is 0.337 e. The molecule has 0 aliphatic heterocycles. The molecule has 0 unspecified atom stereocenters. The molecular formula is C24H23N3O4. The Morgan fingerprint density at radius 2 is 1.16 bits per heavy atom. The number of carbonyl (C=O) groups excluding carboxylic acids is 3. The Hall–Kier alpha value is -4.13. The molecule has 0 saturated carbocycles. The van der Waals surface area contributed by atoms with E-state index < -0.39 is 5.97 Å². The highest BCUT2D eigenvalue weighted by Gasteiger charge is 2.17. The molecule has 0 saturated heterocycles. The average molecular weight is 417 g/mol. The van der Waals surface area contributed by atoms with Crippen LogP contribution in [-0.2, 0) is 14.3 Å². The number of ether oxygens (including phenoxy) is 1. The molecular weight excluding hydrogens is 394 g/mol. The van der Waals surface area contributed by atoms with E-state index in [-0.39, 0.29) is 24.9 Å². The third-order valence-electron chi connectivity index (χ3n) is 4.44. The molecule has 31 heavy (non-hydrogen) atoms. The van der Waals surface area contributed by atoms with Crippen LogP contribution in [0.2, 0.25) is 0 Å². The minimum Gasteiger partial charge on any atom is -0.465 e. The van der Waals surface area contributed by atoms with Crippen LogP contribution in [0.15, 0.2) is 84.9 Å². The molecule has 0 fully saturated rings. The largest absolute Gasteiger partial charge is 0.465 e. The van der Waals surface area contributed by atoms with Gasteiger partial charge >= 0.3 is 5.97 Å². The van der Waals surface area contributed by atoms with Crippen LogP contribution in [0, 0.1) is 0 Å². The van der Waals surface area contributed by atoms with Crippen LogP contribution in [0.3, 0.4) is 0 Å². The van der Waals surface area contributed by atoms with Gasteiger partial charge in [0, 0.05) is 17.1 Å². The molecule has 0 aromatic heterocycles. The standard InChI is InChI=1S/C24H23N3O4/c1-31-24(30)18-12-14-21(15-13-18)27(16-22(28)25-19-8-4-2-5-9-19)17-23(29)26-20-10-6-3-7-11-20/h2-15H,16-17H2,1H3,(H,25,28)(H,26,29). The lowest BCUT2D eigenvalue weighted by Crippen LogP contribution is -2.39. The summed E-state index contributed by atoms with van der Waals surface area (Å²) in [6.45, 7) is -0.0939. The van der Waals surface area contributed by atoms with Gasteiger partial charge in [0.2, 0.25) is 11.8 Å². The van der Waals surface area contributed by atoms with E-state index in [9.17, 15) is 14.4 Å². The molecule has 0 atom stereocenters. The first-order valence-electron chi connectivity index (χ1n) is 9.68. The highest BCUT2D eigenvalue weighted by molar-refractivity contribution is 5.98. The Bertz CT molecular complexity index is 966. The van der Waals surface area contributed by atoms with Crippen molar-refractivity contribution in [1.82, 2.24) is 0 Å². The van der Waals surface area contributed by atoms with E-state index in [0.29, 0.717) is 22.6 Å². The summed E-state index contributed by atoms with van der Waals surface area (Å²) in [6.07, 6.45) is 0. The van der Waals surface area contributed by atoms with Crippen LogP contribution in [0.5, 0.6) is 0 Å². The highest BCUT2D eigenvalue weighted by Crippen LogP contribution is 2.17. The molecule has 158 valence electrons. The van der Waals surface area contributed by atoms with Gasteiger partial charge in [-0.3, -0.25) is 9.59 Å². The van der Waals surface area contributed by atoms with Crippen LogP contribution < -0.4 is 15.5 Å². The minimum atomic E-state index is -0.457. The number of carbonyl (C=O) groups is 3. The first kappa shape index (κ1) is 21.6. The number of esters is 1. The molecule has 0 spiro atoms. The maximum absolute atomic E-state index is 12.6. The molecule has 0 radical (unpaired) electrons. The Kier molecular flexibility index (Phi) is 7.37. The molecule has 2 N–H and O–H groups in total. The van der Waals surface area contributed by atoms with Crippen molar-refractivity contribution in [2.75, 3.05) is 35.7 Å². The second-order valence-corrected chi connectivity index (χ2v) is 6.72. The van der Waals surface area contributed by atoms with Crippen molar-refractivity contribution in [1.29, 1.82) is 0 Å². The van der Waals surface area contributed by atoms with Crippen molar-refractivity contribution < 1.29 is 19.1 Å². The van der Waals surface area contributed by atoms with E-state index in [2.05, 4.69) is 10.6 Å². The first-order chi connectivity index (χ1) is 15.0. The number of hydrogen-bond donors (Lipinski definition) is 2. The van der Waals surface area contributed by atoms with E-state index in [1.165, 1.54) is 7.11 Å². The molecule has 7 heteroatoms. The normalized spacial score (nSPS) is 10.1. The van der Waals surface area contributed by atoms with Crippen LogP contribution in [0.4, 0.5) is 17.1 Å². The van der Waals surface area contributed by atoms with Gasteiger partial charge in [-0.05, 0) is 48.5 Å². The number of hydrogen-bond acceptors (Lipinski definition) is 5. The van der Waals surface area contributed by atoms with Gasteiger partial charge in [0.05, 0.1) is 25.8 Å². The zero-order chi connectivity index (χ0) is 22.1. The molecule has 0 aliphatic carbocycles. The topological polar surface area (TPSA) is 87.7 Å². The van der Waals surface area contributed by atoms with E-state index >= 15 is 0 Å². The van der Waals surface area contributed by atoms with Gasteiger partial charge in [0.15, 0.2) is 0 Å². The van der Waals surface area contributed by atoms with Gasteiger partial charge in [0.25, 0.3) is 0 Å². The summed E-state index contributed by atoms with van der Waals surface area (Å²) in [7, 11) is 1.31. The van der Waals surface area contributed by atoms with E-state index in [1.807, 2.05) is 36.4 Å². The van der Waals surface area contributed by atoms with Gasteiger partial charge in [-0.1, -0.05) is 36.4 Å². The Labute approximate surface area is 180 Å².